The largest absolute Gasteiger partial charge is 0.493 e. The van der Waals surface area contributed by atoms with Crippen molar-refractivity contribution < 1.29 is 23.5 Å². The summed E-state index contributed by atoms with van der Waals surface area (Å²) in [5.41, 5.74) is 0.728. The fraction of sp³-hybridized carbons (Fsp3) is 0.375. The fourth-order valence-electron chi connectivity index (χ4n) is 2.13. The van der Waals surface area contributed by atoms with E-state index in [9.17, 15) is 4.79 Å². The third-order valence-corrected chi connectivity index (χ3v) is 3.21. The summed E-state index contributed by atoms with van der Waals surface area (Å²) in [6, 6.07) is 4.93. The Kier molecular flexibility index (Phi) is 5.46. The zero-order valence-corrected chi connectivity index (χ0v) is 13.6. The number of anilines is 1. The molecule has 1 heterocycles. The van der Waals surface area contributed by atoms with Gasteiger partial charge >= 0.3 is 0 Å². The standard InChI is InChI=1S/C16H20N2O5/c1-5-6-11-9-12(18-23-11)16(19)17-10-7-13(20-2)15(22-4)14(8-10)21-3/h7-9H,5-6H2,1-4H3,(H,17,19). The van der Waals surface area contributed by atoms with Crippen molar-refractivity contribution in [2.45, 2.75) is 19.8 Å². The van der Waals surface area contributed by atoms with Gasteiger partial charge in [0.1, 0.15) is 5.76 Å². The molecule has 0 radical (unpaired) electrons. The maximum Gasteiger partial charge on any atom is 0.277 e. The number of benzene rings is 1. The molecular formula is C16H20N2O5. The molecule has 0 fully saturated rings. The second-order valence-corrected chi connectivity index (χ2v) is 4.80. The summed E-state index contributed by atoms with van der Waals surface area (Å²) in [6.45, 7) is 2.03. The molecular weight excluding hydrogens is 300 g/mol. The molecule has 0 saturated carbocycles. The van der Waals surface area contributed by atoms with Gasteiger partial charge in [-0.15, -0.1) is 0 Å². The van der Waals surface area contributed by atoms with Crippen LogP contribution < -0.4 is 19.5 Å². The lowest BCUT2D eigenvalue weighted by Crippen LogP contribution is -2.12. The highest BCUT2D eigenvalue weighted by Gasteiger charge is 2.17. The van der Waals surface area contributed by atoms with E-state index in [2.05, 4.69) is 10.5 Å². The van der Waals surface area contributed by atoms with Crippen molar-refractivity contribution in [3.63, 3.8) is 0 Å². The number of nitrogens with one attached hydrogen (secondary N) is 1. The molecule has 0 aliphatic heterocycles. The Balaban J connectivity index is 2.22. The molecule has 1 aromatic carbocycles. The second-order valence-electron chi connectivity index (χ2n) is 4.80. The maximum atomic E-state index is 12.2. The lowest BCUT2D eigenvalue weighted by Gasteiger charge is -2.14. The Labute approximate surface area is 134 Å². The highest BCUT2D eigenvalue weighted by molar-refractivity contribution is 6.03. The van der Waals surface area contributed by atoms with Gasteiger partial charge in [-0.25, -0.2) is 0 Å². The van der Waals surface area contributed by atoms with Crippen molar-refractivity contribution in [2.24, 2.45) is 0 Å². The molecule has 0 atom stereocenters. The molecule has 0 bridgehead atoms. The van der Waals surface area contributed by atoms with Crippen molar-refractivity contribution in [3.05, 3.63) is 29.7 Å². The van der Waals surface area contributed by atoms with Gasteiger partial charge in [0.05, 0.1) is 21.3 Å². The highest BCUT2D eigenvalue weighted by Crippen LogP contribution is 2.39. The molecule has 23 heavy (non-hydrogen) atoms. The number of carbonyl (C=O) groups is 1. The van der Waals surface area contributed by atoms with Gasteiger partial charge < -0.3 is 24.1 Å². The number of ether oxygens (including phenoxy) is 3. The minimum atomic E-state index is -0.370. The van der Waals surface area contributed by atoms with Crippen molar-refractivity contribution in [1.29, 1.82) is 0 Å². The van der Waals surface area contributed by atoms with Gasteiger partial charge in [-0.2, -0.15) is 0 Å². The van der Waals surface area contributed by atoms with Gasteiger partial charge in [0, 0.05) is 30.3 Å². The molecule has 0 unspecified atom stereocenters. The first-order chi connectivity index (χ1) is 11.1. The summed E-state index contributed by atoms with van der Waals surface area (Å²) < 4.78 is 20.9. The Morgan fingerprint density at radius 2 is 1.78 bits per heavy atom. The Hall–Kier alpha value is -2.70. The first-order valence-corrected chi connectivity index (χ1v) is 7.19. The molecule has 1 aromatic heterocycles. The monoisotopic (exact) mass is 320 g/mol. The van der Waals surface area contributed by atoms with E-state index in [0.717, 1.165) is 12.8 Å². The zero-order chi connectivity index (χ0) is 16.8. The molecule has 0 spiro atoms. The summed E-state index contributed by atoms with van der Waals surface area (Å²) in [6.07, 6.45) is 1.66. The van der Waals surface area contributed by atoms with Gasteiger partial charge in [-0.05, 0) is 6.42 Å². The van der Waals surface area contributed by atoms with Crippen LogP contribution in [-0.2, 0) is 6.42 Å². The molecule has 2 aromatic rings. The zero-order valence-electron chi connectivity index (χ0n) is 13.6. The lowest BCUT2D eigenvalue weighted by molar-refractivity contribution is 0.101. The number of rotatable bonds is 7. The van der Waals surface area contributed by atoms with Crippen LogP contribution in [0.25, 0.3) is 0 Å². The molecule has 2 rings (SSSR count). The van der Waals surface area contributed by atoms with Crippen molar-refractivity contribution in [2.75, 3.05) is 26.6 Å². The Morgan fingerprint density at radius 1 is 1.13 bits per heavy atom. The predicted octanol–water partition coefficient (Wildman–Crippen LogP) is 2.91. The molecule has 0 aliphatic carbocycles. The lowest BCUT2D eigenvalue weighted by atomic mass is 10.2. The van der Waals surface area contributed by atoms with Crippen LogP contribution in [0.3, 0.4) is 0 Å². The van der Waals surface area contributed by atoms with Crippen LogP contribution in [0.2, 0.25) is 0 Å². The van der Waals surface area contributed by atoms with E-state index in [-0.39, 0.29) is 11.6 Å². The van der Waals surface area contributed by atoms with Crippen molar-refractivity contribution in [3.8, 4) is 17.2 Å². The SMILES string of the molecule is CCCc1cc(C(=O)Nc2cc(OC)c(OC)c(OC)c2)no1. The van der Waals surface area contributed by atoms with Gasteiger partial charge in [-0.1, -0.05) is 12.1 Å². The summed E-state index contributed by atoms with van der Waals surface area (Å²) in [5.74, 6) is 1.68. The van der Waals surface area contributed by atoms with Crippen LogP contribution >= 0.6 is 0 Å². The number of aryl methyl sites for hydroxylation is 1. The third kappa shape index (κ3) is 3.74. The minimum absolute atomic E-state index is 0.224. The van der Waals surface area contributed by atoms with E-state index in [0.29, 0.717) is 28.7 Å². The van der Waals surface area contributed by atoms with Gasteiger partial charge in [0.15, 0.2) is 17.2 Å². The second kappa shape index (κ2) is 7.53. The topological polar surface area (TPSA) is 82.8 Å². The van der Waals surface area contributed by atoms with E-state index >= 15 is 0 Å². The molecule has 1 N–H and O–H groups in total. The highest BCUT2D eigenvalue weighted by atomic mass is 16.5. The number of hydrogen-bond acceptors (Lipinski definition) is 6. The summed E-state index contributed by atoms with van der Waals surface area (Å²) in [4.78, 5) is 12.2. The number of aromatic nitrogens is 1. The van der Waals surface area contributed by atoms with E-state index in [1.54, 1.807) is 18.2 Å². The number of carbonyl (C=O) groups excluding carboxylic acids is 1. The van der Waals surface area contributed by atoms with Crippen LogP contribution in [0.5, 0.6) is 17.2 Å². The number of hydrogen-bond donors (Lipinski definition) is 1. The average molecular weight is 320 g/mol. The van der Waals surface area contributed by atoms with E-state index < -0.39 is 0 Å². The smallest absolute Gasteiger partial charge is 0.277 e. The average Bonchev–Trinajstić information content (AvgIpc) is 3.03. The van der Waals surface area contributed by atoms with E-state index in [4.69, 9.17) is 18.7 Å². The number of nitrogens with zero attached hydrogens (tertiary/aromatic N) is 1. The van der Waals surface area contributed by atoms with Crippen LogP contribution in [0, 0.1) is 0 Å². The number of methoxy groups -OCH3 is 3. The molecule has 0 aliphatic rings. The normalized spacial score (nSPS) is 10.3. The minimum Gasteiger partial charge on any atom is -0.493 e. The van der Waals surface area contributed by atoms with E-state index in [1.165, 1.54) is 21.3 Å². The molecule has 7 nitrogen and oxygen atoms in total. The first kappa shape index (κ1) is 16.7. The fourth-order valence-corrected chi connectivity index (χ4v) is 2.13. The van der Waals surface area contributed by atoms with Crippen LogP contribution in [0.4, 0.5) is 5.69 Å². The van der Waals surface area contributed by atoms with E-state index in [1.807, 2.05) is 6.92 Å². The van der Waals surface area contributed by atoms with Crippen LogP contribution in [-0.4, -0.2) is 32.4 Å². The Bertz CT molecular complexity index is 656. The van der Waals surface area contributed by atoms with Crippen molar-refractivity contribution >= 4 is 11.6 Å². The number of amides is 1. The van der Waals surface area contributed by atoms with Gasteiger partial charge in [0.25, 0.3) is 5.91 Å². The molecule has 124 valence electrons. The predicted molar refractivity (Wildman–Crippen MR) is 84.5 cm³/mol. The Morgan fingerprint density at radius 3 is 2.30 bits per heavy atom. The summed E-state index contributed by atoms with van der Waals surface area (Å²) >= 11 is 0. The maximum absolute atomic E-state index is 12.2. The first-order valence-electron chi connectivity index (χ1n) is 7.19. The van der Waals surface area contributed by atoms with Gasteiger partial charge in [0.2, 0.25) is 5.75 Å². The molecule has 1 amide bonds. The van der Waals surface area contributed by atoms with Crippen molar-refractivity contribution in [1.82, 2.24) is 5.16 Å². The summed E-state index contributed by atoms with van der Waals surface area (Å²) in [7, 11) is 4.54. The summed E-state index contributed by atoms with van der Waals surface area (Å²) in [5, 5.41) is 6.51. The van der Waals surface area contributed by atoms with Gasteiger partial charge in [-0.3, -0.25) is 4.79 Å². The quantitative estimate of drug-likeness (QED) is 0.844. The molecule has 7 heteroatoms. The molecule has 0 saturated heterocycles. The third-order valence-electron chi connectivity index (χ3n) is 3.21. The van der Waals surface area contributed by atoms with Crippen LogP contribution in [0.1, 0.15) is 29.6 Å². The van der Waals surface area contributed by atoms with Crippen LogP contribution in [0.15, 0.2) is 22.7 Å².